The van der Waals surface area contributed by atoms with Gasteiger partial charge in [-0.2, -0.15) is 0 Å². The van der Waals surface area contributed by atoms with E-state index < -0.39 is 0 Å². The Labute approximate surface area is 147 Å². The van der Waals surface area contributed by atoms with Crippen LogP contribution in [0, 0.1) is 0 Å². The highest BCUT2D eigenvalue weighted by atomic mass is 16.5. The molecule has 1 amide bonds. The largest absolute Gasteiger partial charge is 0.496 e. The summed E-state index contributed by atoms with van der Waals surface area (Å²) in [5, 5.41) is 0. The van der Waals surface area contributed by atoms with Gasteiger partial charge in [0.25, 0.3) is 5.91 Å². The normalized spacial score (nSPS) is 10.5. The first-order chi connectivity index (χ1) is 12.0. The van der Waals surface area contributed by atoms with Gasteiger partial charge in [0.15, 0.2) is 12.4 Å². The van der Waals surface area contributed by atoms with Gasteiger partial charge in [-0.1, -0.05) is 30.3 Å². The molecule has 0 aliphatic heterocycles. The van der Waals surface area contributed by atoms with Crippen molar-refractivity contribution in [2.45, 2.75) is 0 Å². The first-order valence-electron chi connectivity index (χ1n) is 7.79. The number of rotatable bonds is 7. The fourth-order valence-corrected chi connectivity index (χ4v) is 2.08. The predicted molar refractivity (Wildman–Crippen MR) is 97.0 cm³/mol. The Morgan fingerprint density at radius 3 is 2.56 bits per heavy atom. The number of amides is 1. The maximum atomic E-state index is 12.4. The molecule has 25 heavy (non-hydrogen) atoms. The van der Waals surface area contributed by atoms with Crippen molar-refractivity contribution in [1.82, 2.24) is 4.90 Å². The number of likely N-dealkylation sites (N-methyl/N-ethyl adjacent to an activating group) is 1. The van der Waals surface area contributed by atoms with Gasteiger partial charge in [0.1, 0.15) is 11.5 Å². The molecule has 0 N–H and O–H groups in total. The molecule has 5 heteroatoms. The third kappa shape index (κ3) is 5.21. The van der Waals surface area contributed by atoms with Crippen LogP contribution in [0.4, 0.5) is 0 Å². The molecule has 0 aromatic heterocycles. The number of nitrogens with zero attached hydrogens (tertiary/aromatic N) is 1. The molecule has 2 aromatic carbocycles. The summed E-state index contributed by atoms with van der Waals surface area (Å²) in [6.45, 7) is -0.0678. The van der Waals surface area contributed by atoms with Gasteiger partial charge >= 0.3 is 0 Å². The number of hydrogen-bond donors (Lipinski definition) is 0. The molecule has 0 unspecified atom stereocenters. The van der Waals surface area contributed by atoms with E-state index >= 15 is 0 Å². The van der Waals surface area contributed by atoms with Crippen molar-refractivity contribution in [2.24, 2.45) is 0 Å². The lowest BCUT2D eigenvalue weighted by Crippen LogP contribution is -2.27. The molecular weight excluding hydrogens is 318 g/mol. The van der Waals surface area contributed by atoms with E-state index in [1.165, 1.54) is 11.0 Å². The topological polar surface area (TPSA) is 55.8 Å². The molecule has 0 saturated heterocycles. The molecule has 0 bridgehead atoms. The number of carbonyl (C=O) groups excluding carboxylic acids is 2. The van der Waals surface area contributed by atoms with Crippen LogP contribution in [0.3, 0.4) is 0 Å². The van der Waals surface area contributed by atoms with Gasteiger partial charge in [-0.15, -0.1) is 0 Å². The molecule has 0 heterocycles. The Balaban J connectivity index is 2.08. The average Bonchev–Trinajstić information content (AvgIpc) is 2.64. The number of ether oxygens (including phenoxy) is 2. The number of carbonyl (C=O) groups is 2. The Morgan fingerprint density at radius 2 is 1.84 bits per heavy atom. The van der Waals surface area contributed by atoms with Crippen molar-refractivity contribution in [1.29, 1.82) is 0 Å². The molecule has 130 valence electrons. The van der Waals surface area contributed by atoms with Gasteiger partial charge in [0.2, 0.25) is 0 Å². The van der Waals surface area contributed by atoms with E-state index in [4.69, 9.17) is 9.47 Å². The minimum Gasteiger partial charge on any atom is -0.496 e. The first-order valence-corrected chi connectivity index (χ1v) is 7.79. The summed E-state index contributed by atoms with van der Waals surface area (Å²) in [6.07, 6.45) is 3.20. The van der Waals surface area contributed by atoms with Crippen LogP contribution in [-0.4, -0.2) is 44.4 Å². The van der Waals surface area contributed by atoms with Gasteiger partial charge in [-0.05, 0) is 30.4 Å². The number of para-hydroxylation sites is 1. The van der Waals surface area contributed by atoms with Crippen molar-refractivity contribution >= 4 is 17.8 Å². The summed E-state index contributed by atoms with van der Waals surface area (Å²) in [4.78, 5) is 25.4. The van der Waals surface area contributed by atoms with Crippen molar-refractivity contribution < 1.29 is 19.1 Å². The Hall–Kier alpha value is -3.08. The van der Waals surface area contributed by atoms with Crippen LogP contribution in [-0.2, 0) is 4.79 Å². The van der Waals surface area contributed by atoms with E-state index in [1.807, 2.05) is 24.3 Å². The van der Waals surface area contributed by atoms with Gasteiger partial charge in [0, 0.05) is 25.2 Å². The second kappa shape index (κ2) is 8.68. The molecule has 0 fully saturated rings. The van der Waals surface area contributed by atoms with Crippen LogP contribution in [0.1, 0.15) is 15.9 Å². The molecule has 5 nitrogen and oxygen atoms in total. The first kappa shape index (κ1) is 18.3. The molecule has 2 aromatic rings. The lowest BCUT2D eigenvalue weighted by Gasteiger charge is -2.11. The third-order valence-corrected chi connectivity index (χ3v) is 3.53. The van der Waals surface area contributed by atoms with Crippen molar-refractivity contribution in [2.75, 3.05) is 27.8 Å². The average molecular weight is 339 g/mol. The van der Waals surface area contributed by atoms with Crippen LogP contribution in [0.5, 0.6) is 11.5 Å². The van der Waals surface area contributed by atoms with Gasteiger partial charge < -0.3 is 14.4 Å². The van der Waals surface area contributed by atoms with E-state index in [2.05, 4.69) is 0 Å². The number of hydrogen-bond acceptors (Lipinski definition) is 4. The van der Waals surface area contributed by atoms with E-state index in [0.29, 0.717) is 17.1 Å². The SMILES string of the molecule is COc1ccccc1C=CC(=O)c1cccc(OCC(=O)N(C)C)c1. The summed E-state index contributed by atoms with van der Waals surface area (Å²) < 4.78 is 10.7. The summed E-state index contributed by atoms with van der Waals surface area (Å²) >= 11 is 0. The molecule has 0 saturated carbocycles. The zero-order valence-corrected chi connectivity index (χ0v) is 14.6. The molecule has 0 spiro atoms. The van der Waals surface area contributed by atoms with E-state index in [0.717, 1.165) is 5.56 Å². The summed E-state index contributed by atoms with van der Waals surface area (Å²) in [5.41, 5.74) is 1.31. The van der Waals surface area contributed by atoms with Crippen LogP contribution in [0.25, 0.3) is 6.08 Å². The van der Waals surface area contributed by atoms with Gasteiger partial charge in [-0.25, -0.2) is 0 Å². The molecule has 0 aliphatic rings. The number of benzene rings is 2. The third-order valence-electron chi connectivity index (χ3n) is 3.53. The van der Waals surface area contributed by atoms with Crippen molar-refractivity contribution in [3.63, 3.8) is 0 Å². The summed E-state index contributed by atoms with van der Waals surface area (Å²) in [5.74, 6) is 0.876. The van der Waals surface area contributed by atoms with Gasteiger partial charge in [-0.3, -0.25) is 9.59 Å². The Bertz CT molecular complexity index is 781. The fourth-order valence-electron chi connectivity index (χ4n) is 2.08. The maximum Gasteiger partial charge on any atom is 0.259 e. The zero-order valence-electron chi connectivity index (χ0n) is 14.6. The van der Waals surface area contributed by atoms with E-state index in [9.17, 15) is 9.59 Å². The van der Waals surface area contributed by atoms with Crippen LogP contribution >= 0.6 is 0 Å². The zero-order chi connectivity index (χ0) is 18.2. The van der Waals surface area contributed by atoms with Crippen LogP contribution in [0.15, 0.2) is 54.6 Å². The van der Waals surface area contributed by atoms with Crippen LogP contribution in [0.2, 0.25) is 0 Å². The summed E-state index contributed by atoms with van der Waals surface area (Å²) in [6, 6.07) is 14.2. The van der Waals surface area contributed by atoms with E-state index in [-0.39, 0.29) is 18.3 Å². The Kier molecular flexibility index (Phi) is 6.34. The van der Waals surface area contributed by atoms with E-state index in [1.54, 1.807) is 51.5 Å². The number of ketones is 1. The van der Waals surface area contributed by atoms with Crippen LogP contribution < -0.4 is 9.47 Å². The van der Waals surface area contributed by atoms with Crippen molar-refractivity contribution in [3.05, 3.63) is 65.7 Å². The highest BCUT2D eigenvalue weighted by molar-refractivity contribution is 6.07. The number of allylic oxidation sites excluding steroid dienone is 1. The minimum absolute atomic E-state index is 0.0678. The monoisotopic (exact) mass is 339 g/mol. The van der Waals surface area contributed by atoms with Crippen molar-refractivity contribution in [3.8, 4) is 11.5 Å². The quantitative estimate of drug-likeness (QED) is 0.575. The standard InChI is InChI=1S/C20H21NO4/c1-21(2)20(23)14-25-17-9-6-8-16(13-17)18(22)12-11-15-7-4-5-10-19(15)24-3/h4-13H,14H2,1-3H3. The molecular formula is C20H21NO4. The Morgan fingerprint density at radius 1 is 1.08 bits per heavy atom. The summed E-state index contributed by atoms with van der Waals surface area (Å²) in [7, 11) is 4.91. The molecule has 0 radical (unpaired) electrons. The maximum absolute atomic E-state index is 12.4. The number of methoxy groups -OCH3 is 1. The second-order valence-electron chi connectivity index (χ2n) is 5.54. The highest BCUT2D eigenvalue weighted by Gasteiger charge is 2.07. The van der Waals surface area contributed by atoms with Gasteiger partial charge in [0.05, 0.1) is 7.11 Å². The minimum atomic E-state index is -0.157. The molecule has 0 atom stereocenters. The molecule has 0 aliphatic carbocycles. The molecule has 2 rings (SSSR count). The second-order valence-corrected chi connectivity index (χ2v) is 5.54. The predicted octanol–water partition coefficient (Wildman–Crippen LogP) is 3.06. The lowest BCUT2D eigenvalue weighted by atomic mass is 10.1. The smallest absolute Gasteiger partial charge is 0.259 e. The fraction of sp³-hybridized carbons (Fsp3) is 0.200. The lowest BCUT2D eigenvalue weighted by molar-refractivity contribution is -0.130. The highest BCUT2D eigenvalue weighted by Crippen LogP contribution is 2.20.